The molecule has 1 N–H and O–H groups in total. The second-order valence-corrected chi connectivity index (χ2v) is 7.13. The predicted octanol–water partition coefficient (Wildman–Crippen LogP) is 3.31. The van der Waals surface area contributed by atoms with Crippen molar-refractivity contribution in [3.8, 4) is 5.75 Å². The molecule has 0 spiro atoms. The highest BCUT2D eigenvalue weighted by Crippen LogP contribution is 2.32. The predicted molar refractivity (Wildman–Crippen MR) is 110 cm³/mol. The van der Waals surface area contributed by atoms with Gasteiger partial charge in [0, 0.05) is 18.7 Å². The van der Waals surface area contributed by atoms with Crippen LogP contribution in [0.3, 0.4) is 0 Å². The van der Waals surface area contributed by atoms with E-state index in [9.17, 15) is 14.0 Å². The Morgan fingerprint density at radius 2 is 2.06 bits per heavy atom. The number of nitrogens with zero attached hydrogens (tertiary/aromatic N) is 3. The molecule has 0 saturated carbocycles. The highest BCUT2D eigenvalue weighted by molar-refractivity contribution is 5.96. The maximum Gasteiger partial charge on any atom is 0.322 e. The Kier molecular flexibility index (Phi) is 5.92. The third-order valence-corrected chi connectivity index (χ3v) is 4.87. The van der Waals surface area contributed by atoms with Gasteiger partial charge in [-0.1, -0.05) is 17.2 Å². The number of anilines is 2. The minimum atomic E-state index is -0.409. The van der Waals surface area contributed by atoms with E-state index in [1.165, 1.54) is 18.2 Å². The Labute approximate surface area is 178 Å². The number of nitrogens with one attached hydrogen (secondary N) is 1. The van der Waals surface area contributed by atoms with Gasteiger partial charge in [-0.25, -0.2) is 4.39 Å². The van der Waals surface area contributed by atoms with E-state index in [0.29, 0.717) is 18.7 Å². The first-order valence-electron chi connectivity index (χ1n) is 9.92. The van der Waals surface area contributed by atoms with Crippen LogP contribution in [0.5, 0.6) is 5.75 Å². The third kappa shape index (κ3) is 4.88. The van der Waals surface area contributed by atoms with Crippen LogP contribution >= 0.6 is 0 Å². The van der Waals surface area contributed by atoms with Crippen LogP contribution in [0.25, 0.3) is 0 Å². The summed E-state index contributed by atoms with van der Waals surface area (Å²) >= 11 is 0. The van der Waals surface area contributed by atoms with Gasteiger partial charge in [0.2, 0.25) is 17.7 Å². The zero-order valence-corrected chi connectivity index (χ0v) is 16.9. The average molecular weight is 424 g/mol. The molecular weight excluding hydrogens is 403 g/mol. The van der Waals surface area contributed by atoms with E-state index in [1.807, 2.05) is 31.2 Å². The number of hydrogen-bond acceptors (Lipinski definition) is 6. The van der Waals surface area contributed by atoms with Crippen molar-refractivity contribution in [2.24, 2.45) is 0 Å². The monoisotopic (exact) mass is 424 g/mol. The van der Waals surface area contributed by atoms with E-state index >= 15 is 0 Å². The van der Waals surface area contributed by atoms with Crippen LogP contribution in [0.1, 0.15) is 30.7 Å². The molecule has 0 bridgehead atoms. The van der Waals surface area contributed by atoms with Gasteiger partial charge in [-0.15, -0.1) is 5.10 Å². The Balaban J connectivity index is 1.37. The second-order valence-electron chi connectivity index (χ2n) is 7.13. The van der Waals surface area contributed by atoms with Gasteiger partial charge in [0.15, 0.2) is 0 Å². The standard InChI is InChI=1S/C22H21FN4O4/c1-2-30-18-8-6-17(7-9-18)27-13-15(12-20(27)29)21-25-26-22(31-21)24-19(28)11-14-4-3-5-16(23)10-14/h3-10,15H,2,11-13H2,1H3,(H,24,26,28). The van der Waals surface area contributed by atoms with Crippen LogP contribution in [0.15, 0.2) is 52.9 Å². The van der Waals surface area contributed by atoms with Crippen molar-refractivity contribution in [3.05, 3.63) is 65.8 Å². The number of amides is 2. The number of carbonyl (C=O) groups excluding carboxylic acids is 2. The summed E-state index contributed by atoms with van der Waals surface area (Å²) in [5.74, 6) is -0.120. The largest absolute Gasteiger partial charge is 0.494 e. The van der Waals surface area contributed by atoms with Gasteiger partial charge in [-0.3, -0.25) is 14.9 Å². The molecule has 1 unspecified atom stereocenters. The lowest BCUT2D eigenvalue weighted by molar-refractivity contribution is -0.117. The SMILES string of the molecule is CCOc1ccc(N2CC(c3nnc(NC(=O)Cc4cccc(F)c4)o3)CC2=O)cc1. The van der Waals surface area contributed by atoms with Gasteiger partial charge in [-0.05, 0) is 48.9 Å². The van der Waals surface area contributed by atoms with E-state index in [0.717, 1.165) is 11.4 Å². The van der Waals surface area contributed by atoms with Crippen LogP contribution in [-0.4, -0.2) is 35.2 Å². The zero-order valence-electron chi connectivity index (χ0n) is 16.9. The quantitative estimate of drug-likeness (QED) is 0.625. The first-order chi connectivity index (χ1) is 15.0. The molecule has 2 amide bonds. The first-order valence-corrected chi connectivity index (χ1v) is 9.92. The van der Waals surface area contributed by atoms with E-state index < -0.39 is 11.7 Å². The summed E-state index contributed by atoms with van der Waals surface area (Å²) in [4.78, 5) is 26.3. The lowest BCUT2D eigenvalue weighted by Crippen LogP contribution is -2.24. The molecule has 1 saturated heterocycles. The fraction of sp³-hybridized carbons (Fsp3) is 0.273. The molecule has 31 heavy (non-hydrogen) atoms. The van der Waals surface area contributed by atoms with E-state index in [2.05, 4.69) is 15.5 Å². The summed E-state index contributed by atoms with van der Waals surface area (Å²) < 4.78 is 24.2. The molecule has 160 valence electrons. The molecule has 0 aliphatic carbocycles. The Hall–Kier alpha value is -3.75. The molecule has 1 aliphatic heterocycles. The van der Waals surface area contributed by atoms with Crippen LogP contribution in [0.2, 0.25) is 0 Å². The molecule has 1 fully saturated rings. The summed E-state index contributed by atoms with van der Waals surface area (Å²) in [5.41, 5.74) is 1.30. The molecule has 3 aromatic rings. The molecule has 2 heterocycles. The Morgan fingerprint density at radius 3 is 2.81 bits per heavy atom. The first kappa shape index (κ1) is 20.5. The number of ether oxygens (including phenoxy) is 1. The molecular formula is C22H21FN4O4. The minimum Gasteiger partial charge on any atom is -0.494 e. The van der Waals surface area contributed by atoms with E-state index in [4.69, 9.17) is 9.15 Å². The molecule has 1 aliphatic rings. The summed E-state index contributed by atoms with van der Waals surface area (Å²) in [6.07, 6.45) is 0.203. The van der Waals surface area contributed by atoms with Crippen molar-refractivity contribution < 1.29 is 23.1 Å². The fourth-order valence-corrected chi connectivity index (χ4v) is 3.46. The van der Waals surface area contributed by atoms with Crippen LogP contribution in [0.4, 0.5) is 16.1 Å². The van der Waals surface area contributed by atoms with E-state index in [1.54, 1.807) is 11.0 Å². The van der Waals surface area contributed by atoms with Crippen molar-refractivity contribution in [3.63, 3.8) is 0 Å². The molecule has 4 rings (SSSR count). The van der Waals surface area contributed by atoms with Gasteiger partial charge in [0.25, 0.3) is 0 Å². The summed E-state index contributed by atoms with van der Waals surface area (Å²) in [6, 6.07) is 13.0. The maximum atomic E-state index is 13.3. The highest BCUT2D eigenvalue weighted by atomic mass is 19.1. The zero-order chi connectivity index (χ0) is 21.8. The molecule has 0 radical (unpaired) electrons. The number of rotatable bonds is 7. The van der Waals surface area contributed by atoms with Crippen LogP contribution in [-0.2, 0) is 16.0 Å². The summed E-state index contributed by atoms with van der Waals surface area (Å²) in [7, 11) is 0. The number of halogens is 1. The number of carbonyl (C=O) groups is 2. The summed E-state index contributed by atoms with van der Waals surface area (Å²) in [5, 5.41) is 10.3. The molecule has 8 nitrogen and oxygen atoms in total. The van der Waals surface area contributed by atoms with Crippen molar-refractivity contribution in [1.82, 2.24) is 10.2 Å². The van der Waals surface area contributed by atoms with Gasteiger partial charge >= 0.3 is 6.01 Å². The van der Waals surface area contributed by atoms with Gasteiger partial charge in [0.05, 0.1) is 18.9 Å². The third-order valence-electron chi connectivity index (χ3n) is 4.87. The topological polar surface area (TPSA) is 97.6 Å². The molecule has 9 heteroatoms. The van der Waals surface area contributed by atoms with E-state index in [-0.39, 0.29) is 36.6 Å². The van der Waals surface area contributed by atoms with Gasteiger partial charge in [-0.2, -0.15) is 0 Å². The smallest absolute Gasteiger partial charge is 0.322 e. The number of benzene rings is 2. The van der Waals surface area contributed by atoms with Gasteiger partial charge < -0.3 is 14.1 Å². The number of aromatic nitrogens is 2. The summed E-state index contributed by atoms with van der Waals surface area (Å²) in [6.45, 7) is 2.87. The van der Waals surface area contributed by atoms with Crippen molar-refractivity contribution >= 4 is 23.5 Å². The Morgan fingerprint density at radius 1 is 1.26 bits per heavy atom. The fourth-order valence-electron chi connectivity index (χ4n) is 3.46. The lowest BCUT2D eigenvalue weighted by atomic mass is 10.1. The molecule has 2 aromatic carbocycles. The lowest BCUT2D eigenvalue weighted by Gasteiger charge is -2.16. The van der Waals surface area contributed by atoms with Crippen LogP contribution < -0.4 is 15.0 Å². The average Bonchev–Trinajstić information content (AvgIpc) is 3.35. The van der Waals surface area contributed by atoms with Crippen molar-refractivity contribution in [2.45, 2.75) is 25.7 Å². The second kappa shape index (κ2) is 8.95. The molecule has 1 atom stereocenters. The minimum absolute atomic E-state index is 0.0249. The molecule has 1 aromatic heterocycles. The van der Waals surface area contributed by atoms with Gasteiger partial charge in [0.1, 0.15) is 11.6 Å². The van der Waals surface area contributed by atoms with Crippen molar-refractivity contribution in [2.75, 3.05) is 23.4 Å². The number of hydrogen-bond donors (Lipinski definition) is 1. The maximum absolute atomic E-state index is 13.3. The van der Waals surface area contributed by atoms with Crippen molar-refractivity contribution in [1.29, 1.82) is 0 Å². The Bertz CT molecular complexity index is 1080. The van der Waals surface area contributed by atoms with Crippen LogP contribution in [0, 0.1) is 5.82 Å². The highest BCUT2D eigenvalue weighted by Gasteiger charge is 2.35. The normalized spacial score (nSPS) is 15.9.